The Hall–Kier alpha value is -0.680. The van der Waals surface area contributed by atoms with Crippen LogP contribution in [0.2, 0.25) is 0 Å². The topological polar surface area (TPSA) is 41.1 Å². The lowest BCUT2D eigenvalue weighted by molar-refractivity contribution is 0.270. The highest BCUT2D eigenvalue weighted by molar-refractivity contribution is 7.15. The predicted octanol–water partition coefficient (Wildman–Crippen LogP) is 2.20. The average molecular weight is 240 g/mol. The van der Waals surface area contributed by atoms with Crippen LogP contribution in [0.25, 0.3) is 0 Å². The van der Waals surface area contributed by atoms with Gasteiger partial charge in [-0.15, -0.1) is 10.2 Å². The molecule has 1 saturated carbocycles. The molecule has 0 unspecified atom stereocenters. The highest BCUT2D eigenvalue weighted by Gasteiger charge is 2.17. The van der Waals surface area contributed by atoms with Crippen LogP contribution in [0.4, 0.5) is 5.13 Å². The van der Waals surface area contributed by atoms with Crippen molar-refractivity contribution < 1.29 is 0 Å². The zero-order valence-corrected chi connectivity index (χ0v) is 10.9. The molecular formula is C11H20N4S. The molecule has 0 amide bonds. The van der Waals surface area contributed by atoms with E-state index in [0.717, 1.165) is 22.6 Å². The van der Waals surface area contributed by atoms with Crippen LogP contribution in [0.15, 0.2) is 0 Å². The summed E-state index contributed by atoms with van der Waals surface area (Å²) in [5, 5.41) is 13.2. The summed E-state index contributed by atoms with van der Waals surface area (Å²) in [4.78, 5) is 2.37. The molecule has 4 nitrogen and oxygen atoms in total. The molecule has 0 saturated heterocycles. The summed E-state index contributed by atoms with van der Waals surface area (Å²) < 4.78 is 0. The van der Waals surface area contributed by atoms with Gasteiger partial charge >= 0.3 is 0 Å². The standard InChI is InChI=1S/C11H20N4S/c1-12-11-14-13-10(16-11)8-15(2)7-9-5-3-4-6-9/h9H,3-8H2,1-2H3,(H,12,14). The number of aromatic nitrogens is 2. The molecule has 0 radical (unpaired) electrons. The molecule has 2 rings (SSSR count). The number of nitrogens with zero attached hydrogens (tertiary/aromatic N) is 3. The van der Waals surface area contributed by atoms with E-state index < -0.39 is 0 Å². The van der Waals surface area contributed by atoms with Gasteiger partial charge in [-0.2, -0.15) is 0 Å². The van der Waals surface area contributed by atoms with Crippen molar-refractivity contribution in [2.45, 2.75) is 32.2 Å². The lowest BCUT2D eigenvalue weighted by atomic mass is 10.1. The van der Waals surface area contributed by atoms with Crippen LogP contribution in [0.1, 0.15) is 30.7 Å². The number of nitrogens with one attached hydrogen (secondary N) is 1. The van der Waals surface area contributed by atoms with Crippen LogP contribution >= 0.6 is 11.3 Å². The van der Waals surface area contributed by atoms with E-state index in [1.165, 1.54) is 32.2 Å². The number of anilines is 1. The van der Waals surface area contributed by atoms with Gasteiger partial charge in [-0.25, -0.2) is 0 Å². The smallest absolute Gasteiger partial charge is 0.205 e. The minimum Gasteiger partial charge on any atom is -0.363 e. The first-order chi connectivity index (χ1) is 7.78. The fourth-order valence-corrected chi connectivity index (χ4v) is 3.12. The van der Waals surface area contributed by atoms with Gasteiger partial charge in [0.15, 0.2) is 0 Å². The maximum Gasteiger partial charge on any atom is 0.205 e. The molecule has 1 heterocycles. The van der Waals surface area contributed by atoms with E-state index in [1.54, 1.807) is 11.3 Å². The maximum atomic E-state index is 4.17. The molecule has 1 aromatic rings. The summed E-state index contributed by atoms with van der Waals surface area (Å²) in [5.41, 5.74) is 0. The molecule has 1 aromatic heterocycles. The van der Waals surface area contributed by atoms with Gasteiger partial charge in [-0.05, 0) is 25.8 Å². The van der Waals surface area contributed by atoms with E-state index in [2.05, 4.69) is 27.5 Å². The van der Waals surface area contributed by atoms with Gasteiger partial charge in [0, 0.05) is 13.6 Å². The van der Waals surface area contributed by atoms with Crippen molar-refractivity contribution in [3.8, 4) is 0 Å². The summed E-state index contributed by atoms with van der Waals surface area (Å²) in [6.45, 7) is 2.13. The highest BCUT2D eigenvalue weighted by Crippen LogP contribution is 2.25. The molecule has 16 heavy (non-hydrogen) atoms. The Kier molecular flexibility index (Phi) is 4.12. The van der Waals surface area contributed by atoms with E-state index >= 15 is 0 Å². The van der Waals surface area contributed by atoms with Crippen LogP contribution in [-0.2, 0) is 6.54 Å². The maximum absolute atomic E-state index is 4.17. The third-order valence-electron chi connectivity index (χ3n) is 3.13. The fraction of sp³-hybridized carbons (Fsp3) is 0.818. The van der Waals surface area contributed by atoms with Gasteiger partial charge in [0.1, 0.15) is 5.01 Å². The van der Waals surface area contributed by atoms with Gasteiger partial charge in [0.25, 0.3) is 0 Å². The van der Waals surface area contributed by atoms with Gasteiger partial charge in [0.05, 0.1) is 6.54 Å². The van der Waals surface area contributed by atoms with Crippen molar-refractivity contribution in [2.75, 3.05) is 26.0 Å². The first kappa shape index (κ1) is 11.8. The summed E-state index contributed by atoms with van der Waals surface area (Å²) >= 11 is 1.64. The lowest BCUT2D eigenvalue weighted by Crippen LogP contribution is -2.23. The summed E-state index contributed by atoms with van der Waals surface area (Å²) in [5.74, 6) is 0.904. The van der Waals surface area contributed by atoms with Crippen LogP contribution in [0.3, 0.4) is 0 Å². The third kappa shape index (κ3) is 3.15. The first-order valence-corrected chi connectivity index (χ1v) is 6.78. The summed E-state index contributed by atoms with van der Waals surface area (Å²) in [6.07, 6.45) is 5.65. The van der Waals surface area contributed by atoms with E-state index in [4.69, 9.17) is 0 Å². The Morgan fingerprint density at radius 3 is 2.75 bits per heavy atom. The van der Waals surface area contributed by atoms with Crippen LogP contribution in [0.5, 0.6) is 0 Å². The third-order valence-corrected chi connectivity index (χ3v) is 4.06. The van der Waals surface area contributed by atoms with Crippen LogP contribution in [0, 0.1) is 5.92 Å². The quantitative estimate of drug-likeness (QED) is 0.856. The first-order valence-electron chi connectivity index (χ1n) is 5.96. The SMILES string of the molecule is CNc1nnc(CN(C)CC2CCCC2)s1. The van der Waals surface area contributed by atoms with E-state index in [1.807, 2.05) is 7.05 Å². The van der Waals surface area contributed by atoms with Gasteiger partial charge in [-0.1, -0.05) is 24.2 Å². The van der Waals surface area contributed by atoms with Crippen molar-refractivity contribution in [3.05, 3.63) is 5.01 Å². The molecule has 0 spiro atoms. The average Bonchev–Trinajstić information content (AvgIpc) is 2.89. The van der Waals surface area contributed by atoms with E-state index in [9.17, 15) is 0 Å². The van der Waals surface area contributed by atoms with E-state index in [-0.39, 0.29) is 0 Å². The largest absolute Gasteiger partial charge is 0.363 e. The molecule has 5 heteroatoms. The monoisotopic (exact) mass is 240 g/mol. The number of hydrogen-bond donors (Lipinski definition) is 1. The molecule has 0 aliphatic heterocycles. The van der Waals surface area contributed by atoms with Gasteiger partial charge in [-0.3, -0.25) is 4.90 Å². The van der Waals surface area contributed by atoms with Crippen molar-refractivity contribution in [1.82, 2.24) is 15.1 Å². The molecule has 90 valence electrons. The van der Waals surface area contributed by atoms with E-state index in [0.29, 0.717) is 0 Å². The zero-order valence-electron chi connectivity index (χ0n) is 10.1. The number of rotatable bonds is 5. The molecule has 1 aliphatic rings. The Morgan fingerprint density at radius 2 is 2.12 bits per heavy atom. The molecular weight excluding hydrogens is 220 g/mol. The van der Waals surface area contributed by atoms with Crippen molar-refractivity contribution >= 4 is 16.5 Å². The minimum atomic E-state index is 0.904. The summed E-state index contributed by atoms with van der Waals surface area (Å²) in [7, 11) is 4.06. The zero-order chi connectivity index (χ0) is 11.4. The van der Waals surface area contributed by atoms with Crippen LogP contribution < -0.4 is 5.32 Å². The fourth-order valence-electron chi connectivity index (χ4n) is 2.35. The lowest BCUT2D eigenvalue weighted by Gasteiger charge is -2.19. The van der Waals surface area contributed by atoms with Crippen molar-refractivity contribution in [2.24, 2.45) is 5.92 Å². The highest BCUT2D eigenvalue weighted by atomic mass is 32.1. The van der Waals surface area contributed by atoms with Gasteiger partial charge < -0.3 is 5.32 Å². The molecule has 0 bridgehead atoms. The van der Waals surface area contributed by atoms with Crippen molar-refractivity contribution in [3.63, 3.8) is 0 Å². The Bertz CT molecular complexity index is 320. The van der Waals surface area contributed by atoms with Crippen molar-refractivity contribution in [1.29, 1.82) is 0 Å². The normalized spacial score (nSPS) is 17.2. The Balaban J connectivity index is 1.79. The second-order valence-electron chi connectivity index (χ2n) is 4.60. The Labute approximate surface area is 101 Å². The summed E-state index contributed by atoms with van der Waals surface area (Å²) in [6, 6.07) is 0. The second kappa shape index (κ2) is 5.59. The molecule has 0 atom stereocenters. The van der Waals surface area contributed by atoms with Crippen LogP contribution in [-0.4, -0.2) is 35.7 Å². The second-order valence-corrected chi connectivity index (χ2v) is 5.66. The molecule has 1 fully saturated rings. The Morgan fingerprint density at radius 1 is 1.38 bits per heavy atom. The molecule has 1 aliphatic carbocycles. The number of hydrogen-bond acceptors (Lipinski definition) is 5. The van der Waals surface area contributed by atoms with Gasteiger partial charge in [0.2, 0.25) is 5.13 Å². The predicted molar refractivity (Wildman–Crippen MR) is 67.7 cm³/mol. The molecule has 1 N–H and O–H groups in total. The molecule has 0 aromatic carbocycles. The minimum absolute atomic E-state index is 0.904.